The highest BCUT2D eigenvalue weighted by Gasteiger charge is 2.38. The maximum absolute atomic E-state index is 12.2. The summed E-state index contributed by atoms with van der Waals surface area (Å²) < 4.78 is 37.7. The molecule has 134 valence electrons. The average Bonchev–Trinajstić information content (AvgIpc) is 2.92. The molecule has 1 amide bonds. The zero-order valence-electron chi connectivity index (χ0n) is 12.5. The zero-order chi connectivity index (χ0) is 17.9. The van der Waals surface area contributed by atoms with Crippen LogP contribution in [-0.2, 0) is 4.79 Å². The number of nitrogens with one attached hydrogen (secondary N) is 1. The molecule has 24 heavy (non-hydrogen) atoms. The molecule has 0 aromatic carbocycles. The number of carboxylic acid groups (broad SMARTS) is 1. The van der Waals surface area contributed by atoms with Gasteiger partial charge in [-0.2, -0.15) is 13.2 Å². The van der Waals surface area contributed by atoms with Crippen molar-refractivity contribution in [3.63, 3.8) is 0 Å². The Morgan fingerprint density at radius 2 is 1.79 bits per heavy atom. The maximum atomic E-state index is 12.2. The highest BCUT2D eigenvalue weighted by atomic mass is 79.9. The molecule has 0 saturated carbocycles. The number of amides is 1. The lowest BCUT2D eigenvalue weighted by atomic mass is 9.86. The summed E-state index contributed by atoms with van der Waals surface area (Å²) >= 11 is 3.23. The van der Waals surface area contributed by atoms with Crippen LogP contribution in [-0.4, -0.2) is 54.2 Å². The van der Waals surface area contributed by atoms with Gasteiger partial charge in [-0.3, -0.25) is 4.79 Å². The van der Waals surface area contributed by atoms with Gasteiger partial charge in [0.2, 0.25) is 0 Å². The molecule has 2 fully saturated rings. The van der Waals surface area contributed by atoms with Gasteiger partial charge in [0, 0.05) is 13.1 Å². The van der Waals surface area contributed by atoms with Crippen molar-refractivity contribution in [2.45, 2.75) is 12.6 Å². The molecule has 2 N–H and O–H groups in total. The summed E-state index contributed by atoms with van der Waals surface area (Å²) in [6.45, 7) is 3.76. The molecule has 6 nitrogen and oxygen atoms in total. The summed E-state index contributed by atoms with van der Waals surface area (Å²) in [5.74, 6) is -1.10. The van der Waals surface area contributed by atoms with E-state index in [0.717, 1.165) is 26.2 Å². The fourth-order valence-corrected chi connectivity index (χ4v) is 3.16. The third-order valence-electron chi connectivity index (χ3n) is 3.80. The monoisotopic (exact) mass is 412 g/mol. The Bertz CT molecular complexity index is 593. The van der Waals surface area contributed by atoms with Gasteiger partial charge in [-0.15, -0.1) is 0 Å². The normalized spacial score (nSPS) is 23.2. The lowest BCUT2D eigenvalue weighted by molar-refractivity contribution is -0.192. The Hall–Kier alpha value is -1.55. The molecule has 3 heterocycles. The first-order chi connectivity index (χ1) is 11.2. The van der Waals surface area contributed by atoms with E-state index in [1.54, 1.807) is 12.1 Å². The van der Waals surface area contributed by atoms with Crippen LogP contribution in [0.4, 0.5) is 13.2 Å². The van der Waals surface area contributed by atoms with E-state index in [9.17, 15) is 18.0 Å². The number of piperidine rings is 2. The van der Waals surface area contributed by atoms with Crippen molar-refractivity contribution >= 4 is 27.8 Å². The van der Waals surface area contributed by atoms with Crippen LogP contribution in [0.5, 0.6) is 0 Å². The van der Waals surface area contributed by atoms with Gasteiger partial charge in [0.05, 0.1) is 0 Å². The molecule has 1 aromatic rings. The molecular weight excluding hydrogens is 397 g/mol. The summed E-state index contributed by atoms with van der Waals surface area (Å²) in [5, 5.41) is 10.5. The number of nitrogens with zero attached hydrogens (tertiary/aromatic N) is 1. The summed E-state index contributed by atoms with van der Waals surface area (Å²) in [6, 6.07) is 3.49. The summed E-state index contributed by atoms with van der Waals surface area (Å²) in [5.41, 5.74) is 0. The Labute approximate surface area is 144 Å². The number of rotatable bonds is 1. The van der Waals surface area contributed by atoms with Crippen molar-refractivity contribution in [3.8, 4) is 0 Å². The average molecular weight is 413 g/mol. The number of furan rings is 1. The highest BCUT2D eigenvalue weighted by molar-refractivity contribution is 9.10. The quantitative estimate of drug-likeness (QED) is 0.739. The number of halogens is 4. The Kier molecular flexibility index (Phi) is 5.92. The first kappa shape index (κ1) is 18.8. The zero-order valence-corrected chi connectivity index (χ0v) is 14.1. The van der Waals surface area contributed by atoms with Gasteiger partial charge in [-0.1, -0.05) is 0 Å². The molecule has 10 heteroatoms. The van der Waals surface area contributed by atoms with E-state index >= 15 is 0 Å². The van der Waals surface area contributed by atoms with Crippen LogP contribution < -0.4 is 5.32 Å². The van der Waals surface area contributed by atoms with Crippen molar-refractivity contribution in [1.29, 1.82) is 0 Å². The first-order valence-electron chi connectivity index (χ1n) is 7.22. The number of fused-ring (bicyclic) bond motifs is 2. The fraction of sp³-hybridized carbons (Fsp3) is 0.571. The van der Waals surface area contributed by atoms with Crippen molar-refractivity contribution in [1.82, 2.24) is 10.2 Å². The molecule has 2 atom stereocenters. The second-order valence-electron chi connectivity index (χ2n) is 5.74. The lowest BCUT2D eigenvalue weighted by Crippen LogP contribution is -2.52. The van der Waals surface area contributed by atoms with E-state index in [1.165, 1.54) is 6.42 Å². The van der Waals surface area contributed by atoms with E-state index in [4.69, 9.17) is 14.3 Å². The maximum Gasteiger partial charge on any atom is 0.490 e. The van der Waals surface area contributed by atoms with Crippen molar-refractivity contribution in [2.24, 2.45) is 11.8 Å². The van der Waals surface area contributed by atoms with E-state index in [0.29, 0.717) is 22.3 Å². The molecule has 0 aliphatic carbocycles. The number of hydrogen-bond acceptors (Lipinski definition) is 4. The number of likely N-dealkylation sites (tertiary alicyclic amines) is 1. The fourth-order valence-electron chi connectivity index (χ4n) is 2.86. The van der Waals surface area contributed by atoms with E-state index in [2.05, 4.69) is 21.2 Å². The van der Waals surface area contributed by atoms with Gasteiger partial charge in [0.1, 0.15) is 0 Å². The van der Waals surface area contributed by atoms with Gasteiger partial charge in [0.25, 0.3) is 5.91 Å². The van der Waals surface area contributed by atoms with Gasteiger partial charge >= 0.3 is 12.1 Å². The first-order valence-corrected chi connectivity index (χ1v) is 8.01. The smallest absolute Gasteiger partial charge is 0.475 e. The molecule has 1 aromatic heterocycles. The van der Waals surface area contributed by atoms with Gasteiger partial charge in [-0.25, -0.2) is 4.79 Å². The molecule has 2 saturated heterocycles. The minimum absolute atomic E-state index is 0.0206. The van der Waals surface area contributed by atoms with Gasteiger partial charge in [-0.05, 0) is 59.4 Å². The Morgan fingerprint density at radius 3 is 2.21 bits per heavy atom. The van der Waals surface area contributed by atoms with Crippen molar-refractivity contribution in [2.75, 3.05) is 26.2 Å². The van der Waals surface area contributed by atoms with Crippen LogP contribution in [0.25, 0.3) is 0 Å². The third kappa shape index (κ3) is 4.97. The number of hydrogen-bond donors (Lipinski definition) is 2. The van der Waals surface area contributed by atoms with Crippen molar-refractivity contribution < 1.29 is 32.3 Å². The molecular formula is C14H16BrF3N2O4. The third-order valence-corrected chi connectivity index (χ3v) is 4.23. The molecule has 2 bridgehead atoms. The summed E-state index contributed by atoms with van der Waals surface area (Å²) in [7, 11) is 0. The number of alkyl halides is 3. The Morgan fingerprint density at radius 1 is 1.25 bits per heavy atom. The summed E-state index contributed by atoms with van der Waals surface area (Å²) in [4.78, 5) is 23.1. The van der Waals surface area contributed by atoms with Crippen LogP contribution in [0, 0.1) is 11.8 Å². The molecule has 0 spiro atoms. The van der Waals surface area contributed by atoms with E-state index in [1.807, 2.05) is 4.90 Å². The number of carbonyl (C=O) groups is 2. The van der Waals surface area contributed by atoms with Crippen LogP contribution in [0.15, 0.2) is 21.2 Å². The highest BCUT2D eigenvalue weighted by Crippen LogP contribution is 2.26. The lowest BCUT2D eigenvalue weighted by Gasteiger charge is -2.41. The predicted octanol–water partition coefficient (Wildman–Crippen LogP) is 2.36. The Balaban J connectivity index is 0.000000256. The number of carboxylic acids is 1. The number of aliphatic carboxylic acids is 1. The topological polar surface area (TPSA) is 82.8 Å². The van der Waals surface area contributed by atoms with Crippen LogP contribution >= 0.6 is 15.9 Å². The van der Waals surface area contributed by atoms with Crippen molar-refractivity contribution in [3.05, 3.63) is 22.6 Å². The van der Waals surface area contributed by atoms with E-state index < -0.39 is 12.1 Å². The summed E-state index contributed by atoms with van der Waals surface area (Å²) in [6.07, 6.45) is -3.83. The van der Waals surface area contributed by atoms with Gasteiger partial charge < -0.3 is 19.7 Å². The molecule has 2 aliphatic rings. The molecule has 2 aliphatic heterocycles. The van der Waals surface area contributed by atoms with Crippen LogP contribution in [0.1, 0.15) is 17.0 Å². The second-order valence-corrected chi connectivity index (χ2v) is 6.52. The minimum Gasteiger partial charge on any atom is -0.475 e. The number of carbonyl (C=O) groups excluding carboxylic acids is 1. The molecule has 3 rings (SSSR count). The van der Waals surface area contributed by atoms with E-state index in [-0.39, 0.29) is 5.91 Å². The second kappa shape index (κ2) is 7.56. The standard InChI is InChI=1S/C12H15BrN2O2.C2HF3O2/c13-11-2-1-10(17-11)12(16)15-6-8-3-9(7-15)5-14-4-8;3-2(4,5)1(6)7/h1-2,8-9,14H,3-7H2;(H,6,7)/t8-,9+;. The SMILES string of the molecule is O=C(O)C(F)(F)F.O=C(c1ccc(Br)o1)N1C[C@@H]2CNC[C@@H](C2)C1. The molecule has 0 unspecified atom stereocenters. The molecule has 0 radical (unpaired) electrons. The largest absolute Gasteiger partial charge is 0.490 e. The van der Waals surface area contributed by atoms with Crippen LogP contribution in [0.3, 0.4) is 0 Å². The predicted molar refractivity (Wildman–Crippen MR) is 80.5 cm³/mol. The van der Waals surface area contributed by atoms with Crippen LogP contribution in [0.2, 0.25) is 0 Å². The van der Waals surface area contributed by atoms with Gasteiger partial charge in [0.15, 0.2) is 10.4 Å². The minimum atomic E-state index is -5.08.